The maximum Gasteiger partial charge on any atom is 0.296 e. The highest BCUT2D eigenvalue weighted by Gasteiger charge is 2.34. The lowest BCUT2D eigenvalue weighted by Gasteiger charge is -2.32. The molecule has 0 radical (unpaired) electrons. The Morgan fingerprint density at radius 3 is 2.93 bits per heavy atom. The van der Waals surface area contributed by atoms with E-state index in [4.69, 9.17) is 4.74 Å². The van der Waals surface area contributed by atoms with Gasteiger partial charge in [0.25, 0.3) is 11.5 Å². The number of carbonyl (C=O) groups excluding carboxylic acids is 1. The molecule has 0 unspecified atom stereocenters. The molecule has 9 heteroatoms. The van der Waals surface area contributed by atoms with Crippen LogP contribution in [0.2, 0.25) is 0 Å². The van der Waals surface area contributed by atoms with Gasteiger partial charge in [0, 0.05) is 11.4 Å². The van der Waals surface area contributed by atoms with Gasteiger partial charge >= 0.3 is 0 Å². The molecule has 1 aliphatic rings. The van der Waals surface area contributed by atoms with Crippen LogP contribution in [0.1, 0.15) is 35.7 Å². The molecular weight excluding hydrogens is 373 g/mol. The molecule has 2 aromatic rings. The van der Waals surface area contributed by atoms with Gasteiger partial charge in [-0.1, -0.05) is 6.07 Å². The maximum absolute atomic E-state index is 13.3. The monoisotopic (exact) mass is 393 g/mol. The molecule has 27 heavy (non-hydrogen) atoms. The highest BCUT2D eigenvalue weighted by Crippen LogP contribution is 2.27. The molecule has 2 heterocycles. The van der Waals surface area contributed by atoms with Crippen LogP contribution in [-0.4, -0.2) is 33.4 Å². The van der Waals surface area contributed by atoms with Crippen molar-refractivity contribution in [3.63, 3.8) is 0 Å². The molecule has 1 aliphatic heterocycles. The van der Waals surface area contributed by atoms with E-state index in [0.29, 0.717) is 11.5 Å². The molecule has 0 saturated carbocycles. The SMILES string of the molecule is CSc1cc(F)ccc1CNC(=O)c1nc2n(c(=O)c1O)CCOC2(C)C. The van der Waals surface area contributed by atoms with Gasteiger partial charge in [0.2, 0.25) is 5.75 Å². The van der Waals surface area contributed by atoms with Gasteiger partial charge in [0.15, 0.2) is 5.69 Å². The highest BCUT2D eigenvalue weighted by molar-refractivity contribution is 7.98. The van der Waals surface area contributed by atoms with E-state index in [2.05, 4.69) is 10.3 Å². The predicted octanol–water partition coefficient (Wildman–Crippen LogP) is 2.01. The summed E-state index contributed by atoms with van der Waals surface area (Å²) in [6.45, 7) is 4.16. The molecular formula is C18H20FN3O4S. The van der Waals surface area contributed by atoms with Crippen LogP contribution in [-0.2, 0) is 23.4 Å². The zero-order valence-corrected chi connectivity index (χ0v) is 16.0. The maximum atomic E-state index is 13.3. The van der Waals surface area contributed by atoms with Gasteiger partial charge in [-0.15, -0.1) is 11.8 Å². The summed E-state index contributed by atoms with van der Waals surface area (Å²) in [7, 11) is 0. The molecule has 0 aliphatic carbocycles. The van der Waals surface area contributed by atoms with Gasteiger partial charge in [-0.3, -0.25) is 14.2 Å². The lowest BCUT2D eigenvalue weighted by atomic mass is 10.1. The summed E-state index contributed by atoms with van der Waals surface area (Å²) in [4.78, 5) is 29.9. The van der Waals surface area contributed by atoms with Crippen LogP contribution in [0.3, 0.4) is 0 Å². The first-order valence-electron chi connectivity index (χ1n) is 8.33. The standard InChI is InChI=1S/C18H20FN3O4S/c1-18(2)17-21-13(14(23)16(25)22(17)6-7-26-18)15(24)20-9-10-4-5-11(19)8-12(10)27-3/h4-5,8,23H,6-7,9H2,1-3H3,(H,20,24). The molecule has 1 amide bonds. The number of thioether (sulfide) groups is 1. The fraction of sp³-hybridized carbons (Fsp3) is 0.389. The number of aromatic hydroxyl groups is 1. The Morgan fingerprint density at radius 1 is 1.48 bits per heavy atom. The number of nitrogens with one attached hydrogen (secondary N) is 1. The third-order valence-corrected chi connectivity index (χ3v) is 5.19. The number of nitrogens with zero attached hydrogens (tertiary/aromatic N) is 2. The summed E-state index contributed by atoms with van der Waals surface area (Å²) >= 11 is 1.35. The van der Waals surface area contributed by atoms with E-state index >= 15 is 0 Å². The Morgan fingerprint density at radius 2 is 2.22 bits per heavy atom. The molecule has 144 valence electrons. The van der Waals surface area contributed by atoms with Gasteiger partial charge in [-0.25, -0.2) is 9.37 Å². The van der Waals surface area contributed by atoms with Gasteiger partial charge in [-0.2, -0.15) is 0 Å². The van der Waals surface area contributed by atoms with E-state index < -0.39 is 22.8 Å². The largest absolute Gasteiger partial charge is 0.501 e. The van der Waals surface area contributed by atoms with Crippen molar-refractivity contribution in [1.82, 2.24) is 14.9 Å². The number of hydrogen-bond donors (Lipinski definition) is 2. The quantitative estimate of drug-likeness (QED) is 0.772. The summed E-state index contributed by atoms with van der Waals surface area (Å²) in [5.41, 5.74) is -1.16. The molecule has 0 fully saturated rings. The van der Waals surface area contributed by atoms with Crippen molar-refractivity contribution in [3.8, 4) is 5.75 Å². The minimum absolute atomic E-state index is 0.106. The van der Waals surface area contributed by atoms with Crippen LogP contribution in [0.5, 0.6) is 5.75 Å². The molecule has 0 atom stereocenters. The molecule has 0 saturated heterocycles. The van der Waals surface area contributed by atoms with Gasteiger partial charge in [0.1, 0.15) is 17.2 Å². The van der Waals surface area contributed by atoms with Gasteiger partial charge in [-0.05, 0) is 37.8 Å². The molecule has 2 N–H and O–H groups in total. The Kier molecular flexibility index (Phi) is 5.25. The van der Waals surface area contributed by atoms with Gasteiger partial charge in [0.05, 0.1) is 13.2 Å². The van der Waals surface area contributed by atoms with E-state index in [-0.39, 0.29) is 30.4 Å². The second kappa shape index (κ2) is 7.32. The number of carbonyl (C=O) groups is 1. The first-order chi connectivity index (χ1) is 12.7. The topological polar surface area (TPSA) is 93.5 Å². The van der Waals surface area contributed by atoms with Crippen LogP contribution in [0.4, 0.5) is 4.39 Å². The number of halogens is 1. The lowest BCUT2D eigenvalue weighted by Crippen LogP contribution is -2.42. The minimum atomic E-state index is -0.858. The molecule has 1 aromatic heterocycles. The van der Waals surface area contributed by atoms with Crippen molar-refractivity contribution in [2.45, 2.75) is 37.4 Å². The molecule has 3 rings (SSSR count). The van der Waals surface area contributed by atoms with E-state index in [1.54, 1.807) is 26.2 Å². The highest BCUT2D eigenvalue weighted by atomic mass is 32.2. The third kappa shape index (κ3) is 3.70. The molecule has 0 bridgehead atoms. The number of amides is 1. The van der Waals surface area contributed by atoms with E-state index in [0.717, 1.165) is 5.56 Å². The van der Waals surface area contributed by atoms with Crippen LogP contribution in [0, 0.1) is 5.82 Å². The first kappa shape index (κ1) is 19.4. The Bertz CT molecular complexity index is 958. The van der Waals surface area contributed by atoms with E-state index in [1.165, 1.54) is 28.5 Å². The average Bonchev–Trinajstić information content (AvgIpc) is 2.63. The zero-order chi connectivity index (χ0) is 19.8. The van der Waals surface area contributed by atoms with Crippen LogP contribution < -0.4 is 10.9 Å². The van der Waals surface area contributed by atoms with E-state index in [9.17, 15) is 19.1 Å². The Labute approximate surface area is 159 Å². The second-order valence-corrected chi connectivity index (χ2v) is 7.44. The Hall–Kier alpha value is -2.39. The normalized spacial score (nSPS) is 15.3. The van der Waals surface area contributed by atoms with E-state index in [1.807, 2.05) is 0 Å². The van der Waals surface area contributed by atoms with Crippen molar-refractivity contribution in [3.05, 3.63) is 51.5 Å². The van der Waals surface area contributed by atoms with Crippen LogP contribution in [0.25, 0.3) is 0 Å². The van der Waals surface area contributed by atoms with Gasteiger partial charge < -0.3 is 15.2 Å². The van der Waals surface area contributed by atoms with Crippen molar-refractivity contribution in [2.24, 2.45) is 0 Å². The summed E-state index contributed by atoms with van der Waals surface area (Å²) in [6, 6.07) is 4.27. The molecule has 7 nitrogen and oxygen atoms in total. The van der Waals surface area contributed by atoms with Crippen molar-refractivity contribution >= 4 is 17.7 Å². The van der Waals surface area contributed by atoms with Crippen molar-refractivity contribution in [1.29, 1.82) is 0 Å². The fourth-order valence-electron chi connectivity index (χ4n) is 2.95. The Balaban J connectivity index is 1.90. The number of aromatic nitrogens is 2. The van der Waals surface area contributed by atoms with Crippen LogP contribution >= 0.6 is 11.8 Å². The van der Waals surface area contributed by atoms with Crippen molar-refractivity contribution < 1.29 is 19.0 Å². The lowest BCUT2D eigenvalue weighted by molar-refractivity contribution is -0.0566. The van der Waals surface area contributed by atoms with Crippen LogP contribution in [0.15, 0.2) is 27.9 Å². The predicted molar refractivity (Wildman–Crippen MR) is 98.5 cm³/mol. The minimum Gasteiger partial charge on any atom is -0.501 e. The van der Waals surface area contributed by atoms with Crippen molar-refractivity contribution in [2.75, 3.05) is 12.9 Å². The third-order valence-electron chi connectivity index (χ3n) is 4.37. The molecule has 1 aromatic carbocycles. The fourth-order valence-corrected chi connectivity index (χ4v) is 3.58. The number of fused-ring (bicyclic) bond motifs is 1. The average molecular weight is 393 g/mol. The second-order valence-electron chi connectivity index (χ2n) is 6.59. The zero-order valence-electron chi connectivity index (χ0n) is 15.2. The number of hydrogen-bond acceptors (Lipinski definition) is 6. The summed E-state index contributed by atoms with van der Waals surface area (Å²) in [6.07, 6.45) is 1.81. The summed E-state index contributed by atoms with van der Waals surface area (Å²) in [5, 5.41) is 12.8. The number of rotatable bonds is 4. The number of ether oxygens (including phenoxy) is 1. The first-order valence-corrected chi connectivity index (χ1v) is 9.56. The number of benzene rings is 1. The summed E-state index contributed by atoms with van der Waals surface area (Å²) in [5.74, 6) is -1.46. The summed E-state index contributed by atoms with van der Waals surface area (Å²) < 4.78 is 20.3. The molecule has 0 spiro atoms. The smallest absolute Gasteiger partial charge is 0.296 e.